The standard InChI is InChI=1S/C19H14ClFN4O3/c20-13-7-12-10-25(9-11-3-1-4-14(22)17(11)21)19(26)28-15(12)8-16(13)27-18-23-5-2-6-24-18/h1-8H,9-10,22H2. The predicted octanol–water partition coefficient (Wildman–Crippen LogP) is 4.16. The van der Waals surface area contributed by atoms with Crippen LogP contribution in [-0.4, -0.2) is 21.0 Å². The van der Waals surface area contributed by atoms with Crippen molar-refractivity contribution < 1.29 is 18.7 Å². The van der Waals surface area contributed by atoms with Gasteiger partial charge in [-0.2, -0.15) is 0 Å². The molecule has 4 rings (SSSR count). The van der Waals surface area contributed by atoms with Gasteiger partial charge in [0.1, 0.15) is 5.75 Å². The predicted molar refractivity (Wildman–Crippen MR) is 99.6 cm³/mol. The fraction of sp³-hybridized carbons (Fsp3) is 0.105. The van der Waals surface area contributed by atoms with E-state index in [0.717, 1.165) is 0 Å². The maximum absolute atomic E-state index is 14.2. The molecule has 0 bridgehead atoms. The molecule has 0 unspecified atom stereocenters. The Morgan fingerprint density at radius 1 is 1.25 bits per heavy atom. The molecule has 2 aromatic carbocycles. The van der Waals surface area contributed by atoms with Crippen LogP contribution in [0.1, 0.15) is 11.1 Å². The first-order valence-corrected chi connectivity index (χ1v) is 8.66. The number of nitrogens with two attached hydrogens (primary N) is 1. The maximum atomic E-state index is 14.2. The van der Waals surface area contributed by atoms with Crippen LogP contribution < -0.4 is 15.2 Å². The molecule has 2 N–H and O–H groups in total. The molecule has 1 aliphatic heterocycles. The summed E-state index contributed by atoms with van der Waals surface area (Å²) in [4.78, 5) is 21.6. The van der Waals surface area contributed by atoms with Crippen LogP contribution in [0.5, 0.6) is 17.5 Å². The van der Waals surface area contributed by atoms with E-state index < -0.39 is 11.9 Å². The fourth-order valence-electron chi connectivity index (χ4n) is 2.79. The zero-order valence-electron chi connectivity index (χ0n) is 14.4. The van der Waals surface area contributed by atoms with Crippen molar-refractivity contribution in [3.63, 3.8) is 0 Å². The lowest BCUT2D eigenvalue weighted by atomic mass is 10.1. The van der Waals surface area contributed by atoms with Crippen molar-refractivity contribution in [2.75, 3.05) is 5.73 Å². The molecule has 1 aliphatic rings. The van der Waals surface area contributed by atoms with Crippen LogP contribution >= 0.6 is 11.6 Å². The minimum absolute atomic E-state index is 0.0167. The van der Waals surface area contributed by atoms with Crippen molar-refractivity contribution in [2.45, 2.75) is 13.1 Å². The highest BCUT2D eigenvalue weighted by atomic mass is 35.5. The van der Waals surface area contributed by atoms with E-state index in [1.807, 2.05) is 0 Å². The summed E-state index contributed by atoms with van der Waals surface area (Å²) >= 11 is 6.29. The van der Waals surface area contributed by atoms with E-state index in [-0.39, 0.29) is 30.5 Å². The number of carbonyl (C=O) groups is 1. The Kier molecular flexibility index (Phi) is 4.70. The fourth-order valence-corrected chi connectivity index (χ4v) is 3.01. The molecule has 9 heteroatoms. The maximum Gasteiger partial charge on any atom is 0.415 e. The van der Waals surface area contributed by atoms with E-state index in [0.29, 0.717) is 21.9 Å². The molecule has 0 saturated heterocycles. The lowest BCUT2D eigenvalue weighted by Crippen LogP contribution is -2.36. The number of ether oxygens (including phenoxy) is 2. The molecule has 3 aromatic rings. The highest BCUT2D eigenvalue weighted by Crippen LogP contribution is 2.37. The van der Waals surface area contributed by atoms with Gasteiger partial charge in [0.25, 0.3) is 0 Å². The van der Waals surface area contributed by atoms with Gasteiger partial charge in [-0.25, -0.2) is 19.2 Å². The van der Waals surface area contributed by atoms with Crippen LogP contribution in [0.2, 0.25) is 5.02 Å². The van der Waals surface area contributed by atoms with Gasteiger partial charge in [-0.3, -0.25) is 4.90 Å². The van der Waals surface area contributed by atoms with Crippen LogP contribution in [0.15, 0.2) is 48.8 Å². The molecule has 142 valence electrons. The molecule has 28 heavy (non-hydrogen) atoms. The number of hydrogen-bond acceptors (Lipinski definition) is 6. The quantitative estimate of drug-likeness (QED) is 0.661. The molecule has 7 nitrogen and oxygen atoms in total. The van der Waals surface area contributed by atoms with Crippen molar-refractivity contribution in [1.82, 2.24) is 14.9 Å². The van der Waals surface area contributed by atoms with E-state index in [4.69, 9.17) is 26.8 Å². The van der Waals surface area contributed by atoms with Gasteiger partial charge in [0.15, 0.2) is 11.6 Å². The highest BCUT2D eigenvalue weighted by molar-refractivity contribution is 6.32. The molecule has 0 spiro atoms. The molecule has 0 saturated carbocycles. The Morgan fingerprint density at radius 3 is 2.82 bits per heavy atom. The van der Waals surface area contributed by atoms with E-state index in [1.165, 1.54) is 29.4 Å². The number of carbonyl (C=O) groups excluding carboxylic acids is 1. The second-order valence-corrected chi connectivity index (χ2v) is 6.48. The van der Waals surface area contributed by atoms with Gasteiger partial charge in [0, 0.05) is 29.6 Å². The SMILES string of the molecule is Nc1cccc(CN2Cc3cc(Cl)c(Oc4ncccn4)cc3OC2=O)c1F. The summed E-state index contributed by atoms with van der Waals surface area (Å²) in [7, 11) is 0. The van der Waals surface area contributed by atoms with Gasteiger partial charge in [-0.05, 0) is 18.2 Å². The summed E-state index contributed by atoms with van der Waals surface area (Å²) < 4.78 is 25.1. The third kappa shape index (κ3) is 3.54. The van der Waals surface area contributed by atoms with Gasteiger partial charge in [-0.1, -0.05) is 23.7 Å². The van der Waals surface area contributed by atoms with Gasteiger partial charge in [0.05, 0.1) is 23.8 Å². The zero-order valence-corrected chi connectivity index (χ0v) is 15.2. The second-order valence-electron chi connectivity index (χ2n) is 6.07. The van der Waals surface area contributed by atoms with Crippen molar-refractivity contribution in [2.24, 2.45) is 0 Å². The van der Waals surface area contributed by atoms with Crippen LogP contribution in [0.4, 0.5) is 14.9 Å². The Labute approximate surface area is 164 Å². The van der Waals surface area contributed by atoms with Crippen LogP contribution in [0, 0.1) is 5.82 Å². The molecular weight excluding hydrogens is 387 g/mol. The number of anilines is 1. The summed E-state index contributed by atoms with van der Waals surface area (Å²) in [6, 6.07) is 9.56. The molecule has 2 heterocycles. The summed E-state index contributed by atoms with van der Waals surface area (Å²) in [6.07, 6.45) is 2.45. The first-order valence-electron chi connectivity index (χ1n) is 8.28. The largest absolute Gasteiger partial charge is 0.423 e. The Balaban J connectivity index is 1.57. The van der Waals surface area contributed by atoms with E-state index in [1.54, 1.807) is 24.3 Å². The number of aromatic nitrogens is 2. The molecule has 0 atom stereocenters. The number of amides is 1. The normalized spacial score (nSPS) is 13.1. The number of benzene rings is 2. The average molecular weight is 401 g/mol. The van der Waals surface area contributed by atoms with Crippen molar-refractivity contribution in [1.29, 1.82) is 0 Å². The number of nitrogen functional groups attached to an aromatic ring is 1. The highest BCUT2D eigenvalue weighted by Gasteiger charge is 2.27. The van der Waals surface area contributed by atoms with Gasteiger partial charge in [0.2, 0.25) is 0 Å². The minimum atomic E-state index is -0.612. The Morgan fingerprint density at radius 2 is 2.04 bits per heavy atom. The third-order valence-electron chi connectivity index (χ3n) is 4.14. The molecule has 1 aromatic heterocycles. The topological polar surface area (TPSA) is 90.6 Å². The number of hydrogen-bond donors (Lipinski definition) is 1. The van der Waals surface area contributed by atoms with Crippen LogP contribution in [0.25, 0.3) is 0 Å². The minimum Gasteiger partial charge on any atom is -0.423 e. The summed E-state index contributed by atoms with van der Waals surface area (Å²) in [5.74, 6) is 0.0186. The van der Waals surface area contributed by atoms with Gasteiger partial charge >= 0.3 is 12.1 Å². The van der Waals surface area contributed by atoms with Crippen LogP contribution in [-0.2, 0) is 13.1 Å². The second kappa shape index (κ2) is 7.32. The smallest absolute Gasteiger partial charge is 0.415 e. The number of nitrogens with zero attached hydrogens (tertiary/aromatic N) is 3. The van der Waals surface area contributed by atoms with Gasteiger partial charge < -0.3 is 15.2 Å². The van der Waals surface area contributed by atoms with Gasteiger partial charge in [-0.15, -0.1) is 0 Å². The monoisotopic (exact) mass is 400 g/mol. The first-order chi connectivity index (χ1) is 13.5. The Bertz CT molecular complexity index is 1050. The van der Waals surface area contributed by atoms with Crippen LogP contribution in [0.3, 0.4) is 0 Å². The van der Waals surface area contributed by atoms with E-state index >= 15 is 0 Å². The number of rotatable bonds is 4. The molecular formula is C19H14ClFN4O3. The molecule has 0 aliphatic carbocycles. The Hall–Kier alpha value is -3.39. The number of halogens is 2. The average Bonchev–Trinajstić information content (AvgIpc) is 2.68. The lowest BCUT2D eigenvalue weighted by molar-refractivity contribution is 0.134. The molecule has 0 fully saturated rings. The van der Waals surface area contributed by atoms with Crippen molar-refractivity contribution in [3.05, 3.63) is 70.8 Å². The van der Waals surface area contributed by atoms with Crippen molar-refractivity contribution >= 4 is 23.4 Å². The summed E-state index contributed by atoms with van der Waals surface area (Å²) in [6.45, 7) is 0.215. The lowest BCUT2D eigenvalue weighted by Gasteiger charge is -2.28. The zero-order chi connectivity index (χ0) is 19.7. The summed E-state index contributed by atoms with van der Waals surface area (Å²) in [5.41, 5.74) is 6.57. The van der Waals surface area contributed by atoms with Crippen molar-refractivity contribution in [3.8, 4) is 17.5 Å². The molecule has 0 radical (unpaired) electrons. The first kappa shape index (κ1) is 18.0. The van der Waals surface area contributed by atoms with E-state index in [9.17, 15) is 9.18 Å². The third-order valence-corrected chi connectivity index (χ3v) is 4.44. The summed E-state index contributed by atoms with van der Waals surface area (Å²) in [5, 5.41) is 0.305. The number of fused-ring (bicyclic) bond motifs is 1. The van der Waals surface area contributed by atoms with E-state index in [2.05, 4.69) is 9.97 Å². The molecule has 1 amide bonds.